The molecule has 0 aliphatic heterocycles. The number of anilines is 1. The summed E-state index contributed by atoms with van der Waals surface area (Å²) < 4.78 is 5.69. The Morgan fingerprint density at radius 3 is 2.62 bits per heavy atom. The fourth-order valence-corrected chi connectivity index (χ4v) is 1.62. The van der Waals surface area contributed by atoms with E-state index in [1.165, 1.54) is 0 Å². The normalized spacial score (nSPS) is 13.6. The van der Waals surface area contributed by atoms with E-state index in [1.54, 1.807) is 13.0 Å². The maximum absolute atomic E-state index is 12.0. The molecule has 0 aliphatic carbocycles. The van der Waals surface area contributed by atoms with Crippen LogP contribution in [-0.4, -0.2) is 29.9 Å². The molecule has 1 atom stereocenters. The number of hydrogen-bond acceptors (Lipinski definition) is 3. The van der Waals surface area contributed by atoms with Crippen LogP contribution in [0.15, 0.2) is 24.3 Å². The number of ether oxygens (including phenoxy) is 1. The van der Waals surface area contributed by atoms with Gasteiger partial charge in [-0.1, -0.05) is 32.9 Å². The number of rotatable bonds is 7. The number of carbonyl (C=O) groups excluding carboxylic acids is 1. The highest BCUT2D eigenvalue weighted by Gasteiger charge is 2.23. The van der Waals surface area contributed by atoms with Gasteiger partial charge in [-0.05, 0) is 31.4 Å². The SMILES string of the molecule is CCC(C)(CO)NC(=O)Nc1ccccc1OCC(C)C. The second-order valence-electron chi connectivity index (χ2n) is 5.85. The summed E-state index contributed by atoms with van der Waals surface area (Å²) in [7, 11) is 0. The zero-order valence-corrected chi connectivity index (χ0v) is 13.3. The highest BCUT2D eigenvalue weighted by Crippen LogP contribution is 2.24. The number of para-hydroxylation sites is 2. The second-order valence-corrected chi connectivity index (χ2v) is 5.85. The summed E-state index contributed by atoms with van der Waals surface area (Å²) >= 11 is 0. The summed E-state index contributed by atoms with van der Waals surface area (Å²) in [4.78, 5) is 12.0. The van der Waals surface area contributed by atoms with Crippen molar-refractivity contribution in [1.29, 1.82) is 0 Å². The number of urea groups is 1. The van der Waals surface area contributed by atoms with Gasteiger partial charge in [0, 0.05) is 0 Å². The summed E-state index contributed by atoms with van der Waals surface area (Å²) in [6.07, 6.45) is 0.641. The fourth-order valence-electron chi connectivity index (χ4n) is 1.62. The molecule has 0 aromatic heterocycles. The van der Waals surface area contributed by atoms with Crippen molar-refractivity contribution < 1.29 is 14.6 Å². The van der Waals surface area contributed by atoms with E-state index in [1.807, 2.05) is 25.1 Å². The summed E-state index contributed by atoms with van der Waals surface area (Å²) in [6, 6.07) is 6.96. The third-order valence-electron chi connectivity index (χ3n) is 3.25. The monoisotopic (exact) mass is 294 g/mol. The van der Waals surface area contributed by atoms with E-state index >= 15 is 0 Å². The number of amides is 2. The molecule has 0 heterocycles. The first-order valence-corrected chi connectivity index (χ1v) is 7.32. The molecule has 21 heavy (non-hydrogen) atoms. The van der Waals surface area contributed by atoms with Crippen molar-refractivity contribution in [2.45, 2.75) is 39.7 Å². The predicted molar refractivity (Wildman–Crippen MR) is 84.7 cm³/mol. The molecule has 2 amide bonds. The molecule has 1 rings (SSSR count). The number of benzene rings is 1. The Balaban J connectivity index is 2.71. The topological polar surface area (TPSA) is 70.6 Å². The highest BCUT2D eigenvalue weighted by molar-refractivity contribution is 5.91. The summed E-state index contributed by atoms with van der Waals surface area (Å²) in [6.45, 7) is 8.32. The molecule has 0 spiro atoms. The summed E-state index contributed by atoms with van der Waals surface area (Å²) in [5.41, 5.74) is -0.00953. The van der Waals surface area contributed by atoms with Crippen molar-refractivity contribution in [2.75, 3.05) is 18.5 Å². The predicted octanol–water partition coefficient (Wildman–Crippen LogP) is 3.00. The van der Waals surface area contributed by atoms with Gasteiger partial charge in [0.2, 0.25) is 0 Å². The zero-order valence-electron chi connectivity index (χ0n) is 13.3. The maximum atomic E-state index is 12.0. The molecular formula is C16H26N2O3. The molecule has 0 aliphatic rings. The van der Waals surface area contributed by atoms with Crippen LogP contribution in [-0.2, 0) is 0 Å². The van der Waals surface area contributed by atoms with Gasteiger partial charge in [0.15, 0.2) is 0 Å². The van der Waals surface area contributed by atoms with Crippen molar-refractivity contribution >= 4 is 11.7 Å². The first kappa shape index (κ1) is 17.3. The number of nitrogens with one attached hydrogen (secondary N) is 2. The average molecular weight is 294 g/mol. The van der Waals surface area contributed by atoms with Crippen molar-refractivity contribution in [3.8, 4) is 5.75 Å². The highest BCUT2D eigenvalue weighted by atomic mass is 16.5. The zero-order chi connectivity index (χ0) is 15.9. The molecule has 3 N–H and O–H groups in total. The van der Waals surface area contributed by atoms with Crippen LogP contribution in [0.2, 0.25) is 0 Å². The van der Waals surface area contributed by atoms with Gasteiger partial charge in [-0.25, -0.2) is 4.79 Å². The van der Waals surface area contributed by atoms with E-state index in [-0.39, 0.29) is 12.6 Å². The summed E-state index contributed by atoms with van der Waals surface area (Å²) in [5, 5.41) is 14.9. The summed E-state index contributed by atoms with van der Waals surface area (Å²) in [5.74, 6) is 1.05. The van der Waals surface area contributed by atoms with Gasteiger partial charge >= 0.3 is 6.03 Å². The Labute approximate surface area is 126 Å². The Hall–Kier alpha value is -1.75. The van der Waals surface area contributed by atoms with E-state index in [0.29, 0.717) is 30.4 Å². The smallest absolute Gasteiger partial charge is 0.319 e. The molecule has 0 radical (unpaired) electrons. The minimum Gasteiger partial charge on any atom is -0.491 e. The minimum atomic E-state index is -0.627. The fraction of sp³-hybridized carbons (Fsp3) is 0.562. The van der Waals surface area contributed by atoms with Gasteiger partial charge in [0.05, 0.1) is 24.4 Å². The number of hydrogen-bond donors (Lipinski definition) is 3. The molecule has 0 bridgehead atoms. The first-order chi connectivity index (χ1) is 9.90. The van der Waals surface area contributed by atoms with Gasteiger partial charge < -0.3 is 20.5 Å². The van der Waals surface area contributed by atoms with E-state index in [2.05, 4.69) is 24.5 Å². The lowest BCUT2D eigenvalue weighted by atomic mass is 10.0. The molecule has 0 fully saturated rings. The van der Waals surface area contributed by atoms with Gasteiger partial charge in [0.25, 0.3) is 0 Å². The third kappa shape index (κ3) is 5.63. The van der Waals surface area contributed by atoms with Crippen LogP contribution in [0.3, 0.4) is 0 Å². The average Bonchev–Trinajstić information content (AvgIpc) is 2.46. The lowest BCUT2D eigenvalue weighted by molar-refractivity contribution is 0.172. The van der Waals surface area contributed by atoms with Crippen molar-refractivity contribution in [3.63, 3.8) is 0 Å². The largest absolute Gasteiger partial charge is 0.491 e. The lowest BCUT2D eigenvalue weighted by Gasteiger charge is -2.27. The minimum absolute atomic E-state index is 0.109. The lowest BCUT2D eigenvalue weighted by Crippen LogP contribution is -2.50. The van der Waals surface area contributed by atoms with Gasteiger partial charge in [-0.3, -0.25) is 0 Å². The molecule has 0 saturated carbocycles. The van der Waals surface area contributed by atoms with E-state index in [4.69, 9.17) is 4.74 Å². The number of carbonyl (C=O) groups is 1. The number of aliphatic hydroxyl groups is 1. The maximum Gasteiger partial charge on any atom is 0.319 e. The van der Waals surface area contributed by atoms with E-state index < -0.39 is 5.54 Å². The molecule has 1 aromatic rings. The Kier molecular flexibility index (Phi) is 6.49. The molecule has 118 valence electrons. The van der Waals surface area contributed by atoms with Crippen LogP contribution in [0.25, 0.3) is 0 Å². The van der Waals surface area contributed by atoms with Crippen molar-refractivity contribution in [3.05, 3.63) is 24.3 Å². The molecule has 1 unspecified atom stereocenters. The van der Waals surface area contributed by atoms with Crippen molar-refractivity contribution in [2.24, 2.45) is 5.92 Å². The Bertz CT molecular complexity index is 457. The molecule has 0 saturated heterocycles. The molecular weight excluding hydrogens is 268 g/mol. The molecule has 5 nitrogen and oxygen atoms in total. The molecule has 5 heteroatoms. The molecule has 1 aromatic carbocycles. The van der Waals surface area contributed by atoms with Crippen LogP contribution in [0.1, 0.15) is 34.1 Å². The van der Waals surface area contributed by atoms with Gasteiger partial charge in [-0.15, -0.1) is 0 Å². The quantitative estimate of drug-likeness (QED) is 0.724. The van der Waals surface area contributed by atoms with Gasteiger partial charge in [-0.2, -0.15) is 0 Å². The van der Waals surface area contributed by atoms with E-state index in [0.717, 1.165) is 0 Å². The van der Waals surface area contributed by atoms with Crippen molar-refractivity contribution in [1.82, 2.24) is 5.32 Å². The standard InChI is InChI=1S/C16H26N2O3/c1-5-16(4,11-19)18-15(20)17-13-8-6-7-9-14(13)21-10-12(2)3/h6-9,12,19H,5,10-11H2,1-4H3,(H2,17,18,20). The number of aliphatic hydroxyl groups excluding tert-OH is 1. The second kappa shape index (κ2) is 7.88. The van der Waals surface area contributed by atoms with Crippen LogP contribution in [0.4, 0.5) is 10.5 Å². The van der Waals surface area contributed by atoms with Crippen LogP contribution in [0, 0.1) is 5.92 Å². The van der Waals surface area contributed by atoms with Crippen LogP contribution < -0.4 is 15.4 Å². The Morgan fingerprint density at radius 1 is 1.38 bits per heavy atom. The van der Waals surface area contributed by atoms with E-state index in [9.17, 15) is 9.90 Å². The van der Waals surface area contributed by atoms with Crippen LogP contribution in [0.5, 0.6) is 5.75 Å². The van der Waals surface area contributed by atoms with Gasteiger partial charge in [0.1, 0.15) is 5.75 Å². The third-order valence-corrected chi connectivity index (χ3v) is 3.25. The Morgan fingerprint density at radius 2 is 2.05 bits per heavy atom. The van der Waals surface area contributed by atoms with Crippen LogP contribution >= 0.6 is 0 Å². The first-order valence-electron chi connectivity index (χ1n) is 7.32.